The minimum absolute atomic E-state index is 0.125. The van der Waals surface area contributed by atoms with Crippen LogP contribution in [-0.2, 0) is 4.74 Å². The summed E-state index contributed by atoms with van der Waals surface area (Å²) in [6, 6.07) is 0. The number of oxime groups is 1. The zero-order valence-electron chi connectivity index (χ0n) is 6.99. The highest BCUT2D eigenvalue weighted by Gasteiger charge is 2.35. The molecule has 1 aliphatic carbocycles. The molecule has 3 heteroatoms. The van der Waals surface area contributed by atoms with Crippen LogP contribution in [0.25, 0.3) is 0 Å². The van der Waals surface area contributed by atoms with Gasteiger partial charge in [0.05, 0.1) is 0 Å². The molecule has 2 rings (SSSR count). The van der Waals surface area contributed by atoms with E-state index < -0.39 is 0 Å². The lowest BCUT2D eigenvalue weighted by atomic mass is 9.85. The van der Waals surface area contributed by atoms with Crippen molar-refractivity contribution in [3.63, 3.8) is 0 Å². The first-order valence-corrected chi connectivity index (χ1v) is 4.45. The van der Waals surface area contributed by atoms with Crippen molar-refractivity contribution >= 4 is 5.90 Å². The van der Waals surface area contributed by atoms with Gasteiger partial charge in [-0.2, -0.15) is 0 Å². The van der Waals surface area contributed by atoms with Crippen LogP contribution < -0.4 is 0 Å². The molecule has 0 aromatic heterocycles. The van der Waals surface area contributed by atoms with E-state index in [2.05, 4.69) is 5.16 Å². The van der Waals surface area contributed by atoms with Gasteiger partial charge in [-0.05, 0) is 36.9 Å². The van der Waals surface area contributed by atoms with Crippen molar-refractivity contribution < 1.29 is 9.94 Å². The van der Waals surface area contributed by atoms with Crippen molar-refractivity contribution in [3.05, 3.63) is 12.2 Å². The third-order valence-corrected chi connectivity index (χ3v) is 2.64. The van der Waals surface area contributed by atoms with E-state index in [4.69, 9.17) is 9.94 Å². The molecule has 0 unspecified atom stereocenters. The second kappa shape index (κ2) is 2.81. The van der Waals surface area contributed by atoms with E-state index in [1.807, 2.05) is 6.08 Å². The smallest absolute Gasteiger partial charge is 0.250 e. The molecule has 0 bridgehead atoms. The van der Waals surface area contributed by atoms with Gasteiger partial charge in [0.15, 0.2) is 0 Å². The summed E-state index contributed by atoms with van der Waals surface area (Å²) in [5.41, 5.74) is -0.125. The van der Waals surface area contributed by atoms with Gasteiger partial charge in [0.1, 0.15) is 5.60 Å². The quantitative estimate of drug-likeness (QED) is 0.443. The van der Waals surface area contributed by atoms with Crippen LogP contribution in [-0.4, -0.2) is 16.7 Å². The van der Waals surface area contributed by atoms with Crippen LogP contribution in [0.15, 0.2) is 17.3 Å². The summed E-state index contributed by atoms with van der Waals surface area (Å²) < 4.78 is 5.53. The number of hydrogen-bond acceptors (Lipinski definition) is 3. The molecular formula is C9H13NO2. The van der Waals surface area contributed by atoms with E-state index in [0.717, 1.165) is 12.8 Å². The van der Waals surface area contributed by atoms with Gasteiger partial charge in [-0.15, -0.1) is 0 Å². The second-order valence-corrected chi connectivity index (χ2v) is 3.50. The molecule has 12 heavy (non-hydrogen) atoms. The highest BCUT2D eigenvalue weighted by molar-refractivity contribution is 5.90. The summed E-state index contributed by atoms with van der Waals surface area (Å²) in [7, 11) is 0. The molecule has 1 aliphatic heterocycles. The molecule has 1 spiro atoms. The van der Waals surface area contributed by atoms with Crippen molar-refractivity contribution in [2.24, 2.45) is 5.16 Å². The van der Waals surface area contributed by atoms with E-state index in [-0.39, 0.29) is 5.60 Å². The average Bonchev–Trinajstić information content (AvgIpc) is 2.50. The summed E-state index contributed by atoms with van der Waals surface area (Å²) in [6.45, 7) is 0. The third kappa shape index (κ3) is 1.19. The van der Waals surface area contributed by atoms with Crippen molar-refractivity contribution in [2.75, 3.05) is 0 Å². The summed E-state index contributed by atoms with van der Waals surface area (Å²) in [4.78, 5) is 0. The van der Waals surface area contributed by atoms with E-state index in [9.17, 15) is 0 Å². The van der Waals surface area contributed by atoms with Gasteiger partial charge in [-0.1, -0.05) is 6.42 Å². The normalized spacial score (nSPS) is 29.5. The van der Waals surface area contributed by atoms with Gasteiger partial charge in [0, 0.05) is 6.08 Å². The fourth-order valence-electron chi connectivity index (χ4n) is 1.97. The van der Waals surface area contributed by atoms with Crippen LogP contribution in [0.1, 0.15) is 32.1 Å². The van der Waals surface area contributed by atoms with Gasteiger partial charge >= 0.3 is 0 Å². The standard InChI is InChI=1S/C9H13NO2/c11-10-8-4-7-9(12-8)5-2-1-3-6-9/h4,7,11H,1-3,5-6H2/b10-8-. The van der Waals surface area contributed by atoms with Crippen LogP contribution >= 0.6 is 0 Å². The van der Waals surface area contributed by atoms with E-state index in [1.54, 1.807) is 6.08 Å². The largest absolute Gasteiger partial charge is 0.465 e. The van der Waals surface area contributed by atoms with Gasteiger partial charge in [-0.25, -0.2) is 0 Å². The zero-order chi connectivity index (χ0) is 8.44. The predicted octanol–water partition coefficient (Wildman–Crippen LogP) is 2.06. The SMILES string of the molecule is O/N=C1/C=CC2(CCCCC2)O1. The van der Waals surface area contributed by atoms with Crippen molar-refractivity contribution in [1.82, 2.24) is 0 Å². The number of hydrogen-bond donors (Lipinski definition) is 1. The maximum atomic E-state index is 8.49. The Morgan fingerprint density at radius 3 is 2.67 bits per heavy atom. The monoisotopic (exact) mass is 167 g/mol. The first kappa shape index (κ1) is 7.65. The molecular weight excluding hydrogens is 154 g/mol. The fourth-order valence-corrected chi connectivity index (χ4v) is 1.97. The molecule has 0 aromatic rings. The van der Waals surface area contributed by atoms with Crippen LogP contribution in [0.3, 0.4) is 0 Å². The first-order valence-electron chi connectivity index (χ1n) is 4.45. The summed E-state index contributed by atoms with van der Waals surface area (Å²) in [5, 5.41) is 11.5. The minimum Gasteiger partial charge on any atom is -0.465 e. The van der Waals surface area contributed by atoms with E-state index in [1.165, 1.54) is 19.3 Å². The zero-order valence-corrected chi connectivity index (χ0v) is 6.99. The molecule has 0 saturated heterocycles. The Morgan fingerprint density at radius 1 is 1.33 bits per heavy atom. The predicted molar refractivity (Wildman–Crippen MR) is 45.3 cm³/mol. The Kier molecular flexibility index (Phi) is 1.79. The van der Waals surface area contributed by atoms with E-state index in [0.29, 0.717) is 5.90 Å². The Morgan fingerprint density at radius 2 is 2.08 bits per heavy atom. The molecule has 1 fully saturated rings. The Balaban J connectivity index is 2.09. The molecule has 0 atom stereocenters. The number of ether oxygens (including phenoxy) is 1. The van der Waals surface area contributed by atoms with Crippen LogP contribution in [0.2, 0.25) is 0 Å². The molecule has 1 saturated carbocycles. The average molecular weight is 167 g/mol. The van der Waals surface area contributed by atoms with Gasteiger partial charge in [0.25, 0.3) is 5.90 Å². The number of nitrogens with zero attached hydrogens (tertiary/aromatic N) is 1. The second-order valence-electron chi connectivity index (χ2n) is 3.50. The molecule has 3 nitrogen and oxygen atoms in total. The van der Waals surface area contributed by atoms with Crippen molar-refractivity contribution in [1.29, 1.82) is 0 Å². The molecule has 2 aliphatic rings. The fraction of sp³-hybridized carbons (Fsp3) is 0.667. The highest BCUT2D eigenvalue weighted by Crippen LogP contribution is 2.35. The van der Waals surface area contributed by atoms with Gasteiger partial charge < -0.3 is 9.94 Å². The van der Waals surface area contributed by atoms with Crippen LogP contribution in [0.4, 0.5) is 0 Å². The van der Waals surface area contributed by atoms with E-state index >= 15 is 0 Å². The third-order valence-electron chi connectivity index (χ3n) is 2.64. The Hall–Kier alpha value is -0.990. The lowest BCUT2D eigenvalue weighted by Gasteiger charge is -2.30. The van der Waals surface area contributed by atoms with Gasteiger partial charge in [0.2, 0.25) is 0 Å². The van der Waals surface area contributed by atoms with Crippen molar-refractivity contribution in [2.45, 2.75) is 37.7 Å². The Bertz CT molecular complexity index is 227. The lowest BCUT2D eigenvalue weighted by Crippen LogP contribution is -2.30. The van der Waals surface area contributed by atoms with Crippen molar-refractivity contribution in [3.8, 4) is 0 Å². The van der Waals surface area contributed by atoms with Crippen LogP contribution in [0, 0.1) is 0 Å². The highest BCUT2D eigenvalue weighted by atomic mass is 16.5. The van der Waals surface area contributed by atoms with Gasteiger partial charge in [-0.3, -0.25) is 0 Å². The Labute approximate surface area is 71.7 Å². The molecule has 0 aromatic carbocycles. The first-order chi connectivity index (χ1) is 5.85. The minimum atomic E-state index is -0.125. The lowest BCUT2D eigenvalue weighted by molar-refractivity contribution is 0.0711. The molecule has 66 valence electrons. The summed E-state index contributed by atoms with van der Waals surface area (Å²) >= 11 is 0. The molecule has 0 radical (unpaired) electrons. The number of rotatable bonds is 0. The topological polar surface area (TPSA) is 41.8 Å². The summed E-state index contributed by atoms with van der Waals surface area (Å²) in [5.74, 6) is 0.358. The molecule has 1 N–H and O–H groups in total. The molecule has 1 heterocycles. The summed E-state index contributed by atoms with van der Waals surface area (Å²) in [6.07, 6.45) is 9.62. The maximum Gasteiger partial charge on any atom is 0.250 e. The maximum absolute atomic E-state index is 8.49. The molecule has 0 amide bonds. The van der Waals surface area contributed by atoms with Crippen LogP contribution in [0.5, 0.6) is 0 Å².